The van der Waals surface area contributed by atoms with Crippen LogP contribution in [0.2, 0.25) is 0 Å². The summed E-state index contributed by atoms with van der Waals surface area (Å²) in [6.07, 6.45) is 2.29. The van der Waals surface area contributed by atoms with Gasteiger partial charge in [0.1, 0.15) is 6.04 Å². The number of carbonyl (C=O) groups excluding carboxylic acids is 1. The Morgan fingerprint density at radius 2 is 2.00 bits per heavy atom. The fourth-order valence-corrected chi connectivity index (χ4v) is 2.64. The monoisotopic (exact) mass is 261 g/mol. The average Bonchev–Trinajstić information content (AvgIpc) is 2.38. The van der Waals surface area contributed by atoms with Crippen molar-refractivity contribution in [2.45, 2.75) is 39.2 Å². The number of rotatable bonds is 2. The van der Waals surface area contributed by atoms with E-state index in [0.29, 0.717) is 18.5 Å². The molecule has 1 aliphatic rings. The van der Waals surface area contributed by atoms with Gasteiger partial charge in [-0.3, -0.25) is 4.79 Å². The van der Waals surface area contributed by atoms with E-state index >= 15 is 0 Å². The van der Waals surface area contributed by atoms with E-state index in [9.17, 15) is 14.7 Å². The van der Waals surface area contributed by atoms with Crippen LogP contribution in [0.5, 0.6) is 0 Å². The van der Waals surface area contributed by atoms with E-state index in [0.717, 1.165) is 24.0 Å². The second-order valence-electron chi connectivity index (χ2n) is 5.17. The minimum absolute atomic E-state index is 0.162. The third-order valence-electron chi connectivity index (χ3n) is 3.66. The molecule has 1 saturated heterocycles. The highest BCUT2D eigenvalue weighted by molar-refractivity contribution is 5.98. The summed E-state index contributed by atoms with van der Waals surface area (Å²) in [4.78, 5) is 25.3. The fourth-order valence-electron chi connectivity index (χ4n) is 2.64. The van der Waals surface area contributed by atoms with Crippen molar-refractivity contribution in [1.29, 1.82) is 0 Å². The molecule has 0 spiro atoms. The Balaban J connectivity index is 2.28. The number of piperidine rings is 1. The number of hydrogen-bond acceptors (Lipinski definition) is 2. The first-order valence-corrected chi connectivity index (χ1v) is 6.61. The van der Waals surface area contributed by atoms with Gasteiger partial charge in [0.2, 0.25) is 0 Å². The summed E-state index contributed by atoms with van der Waals surface area (Å²) >= 11 is 0. The van der Waals surface area contributed by atoms with Crippen molar-refractivity contribution >= 4 is 11.9 Å². The van der Waals surface area contributed by atoms with Gasteiger partial charge in [-0.2, -0.15) is 0 Å². The molecule has 1 atom stereocenters. The Labute approximate surface area is 113 Å². The minimum atomic E-state index is -0.905. The summed E-state index contributed by atoms with van der Waals surface area (Å²) in [5.41, 5.74) is 2.61. The number of hydrogen-bond donors (Lipinski definition) is 1. The number of amides is 1. The topological polar surface area (TPSA) is 57.6 Å². The molecule has 1 aromatic rings. The highest BCUT2D eigenvalue weighted by Gasteiger charge is 2.32. The van der Waals surface area contributed by atoms with Crippen molar-refractivity contribution in [3.05, 3.63) is 34.9 Å². The zero-order valence-corrected chi connectivity index (χ0v) is 11.3. The average molecular weight is 261 g/mol. The third-order valence-corrected chi connectivity index (χ3v) is 3.66. The molecule has 4 heteroatoms. The number of carboxylic acid groups (broad SMARTS) is 1. The Bertz CT molecular complexity index is 510. The van der Waals surface area contributed by atoms with E-state index in [4.69, 9.17) is 0 Å². The molecule has 0 aliphatic carbocycles. The van der Waals surface area contributed by atoms with E-state index in [1.165, 1.54) is 4.90 Å². The summed E-state index contributed by atoms with van der Waals surface area (Å²) in [5.74, 6) is -1.07. The van der Waals surface area contributed by atoms with Gasteiger partial charge in [0, 0.05) is 12.1 Å². The van der Waals surface area contributed by atoms with Crippen molar-refractivity contribution in [2.24, 2.45) is 0 Å². The van der Waals surface area contributed by atoms with Crippen LogP contribution in [0.15, 0.2) is 18.2 Å². The van der Waals surface area contributed by atoms with Crippen molar-refractivity contribution < 1.29 is 14.7 Å². The largest absolute Gasteiger partial charge is 0.480 e. The zero-order valence-electron chi connectivity index (χ0n) is 11.3. The highest BCUT2D eigenvalue weighted by atomic mass is 16.4. The number of aliphatic carboxylic acids is 1. The lowest BCUT2D eigenvalue weighted by Crippen LogP contribution is -2.48. The summed E-state index contributed by atoms with van der Waals surface area (Å²) in [5, 5.41) is 9.22. The maximum atomic E-state index is 12.5. The predicted molar refractivity (Wildman–Crippen MR) is 72.2 cm³/mol. The lowest BCUT2D eigenvalue weighted by atomic mass is 9.99. The molecular weight excluding hydrogens is 242 g/mol. The molecule has 2 rings (SSSR count). The second kappa shape index (κ2) is 5.43. The molecule has 102 valence electrons. The maximum Gasteiger partial charge on any atom is 0.326 e. The van der Waals surface area contributed by atoms with Crippen LogP contribution >= 0.6 is 0 Å². The van der Waals surface area contributed by atoms with Gasteiger partial charge < -0.3 is 10.0 Å². The Kier molecular flexibility index (Phi) is 3.88. The van der Waals surface area contributed by atoms with Crippen LogP contribution in [0.1, 0.15) is 40.7 Å². The number of nitrogens with zero attached hydrogens (tertiary/aromatic N) is 1. The van der Waals surface area contributed by atoms with Gasteiger partial charge in [0.05, 0.1) is 0 Å². The van der Waals surface area contributed by atoms with E-state index in [1.54, 1.807) is 6.07 Å². The number of likely N-dealkylation sites (tertiary alicyclic amines) is 1. The summed E-state index contributed by atoms with van der Waals surface area (Å²) in [6, 6.07) is 4.95. The van der Waals surface area contributed by atoms with Gasteiger partial charge >= 0.3 is 5.97 Å². The Morgan fingerprint density at radius 1 is 1.26 bits per heavy atom. The van der Waals surface area contributed by atoms with Crippen LogP contribution in [0.4, 0.5) is 0 Å². The summed E-state index contributed by atoms with van der Waals surface area (Å²) in [7, 11) is 0. The van der Waals surface area contributed by atoms with Crippen molar-refractivity contribution in [3.63, 3.8) is 0 Å². The molecule has 1 aliphatic heterocycles. The van der Waals surface area contributed by atoms with Gasteiger partial charge in [-0.15, -0.1) is 0 Å². The van der Waals surface area contributed by atoms with Crippen molar-refractivity contribution in [1.82, 2.24) is 4.90 Å². The molecule has 4 nitrogen and oxygen atoms in total. The van der Waals surface area contributed by atoms with Crippen LogP contribution in [-0.2, 0) is 4.79 Å². The molecule has 1 aromatic carbocycles. The Hall–Kier alpha value is -1.84. The quantitative estimate of drug-likeness (QED) is 0.889. The molecule has 0 bridgehead atoms. The second-order valence-corrected chi connectivity index (χ2v) is 5.17. The molecule has 19 heavy (non-hydrogen) atoms. The normalized spacial score (nSPS) is 19.3. The van der Waals surface area contributed by atoms with E-state index in [1.807, 2.05) is 26.0 Å². The van der Waals surface area contributed by atoms with Crippen LogP contribution in [-0.4, -0.2) is 34.5 Å². The Morgan fingerprint density at radius 3 is 2.63 bits per heavy atom. The first kappa shape index (κ1) is 13.6. The third kappa shape index (κ3) is 2.78. The summed E-state index contributed by atoms with van der Waals surface area (Å²) in [6.45, 7) is 4.39. The fraction of sp³-hybridized carbons (Fsp3) is 0.467. The first-order valence-electron chi connectivity index (χ1n) is 6.61. The van der Waals surface area contributed by atoms with Crippen LogP contribution in [0.25, 0.3) is 0 Å². The molecule has 0 radical (unpaired) electrons. The predicted octanol–water partition coefficient (Wildman–Crippen LogP) is 2.38. The van der Waals surface area contributed by atoms with Crippen LogP contribution in [0.3, 0.4) is 0 Å². The van der Waals surface area contributed by atoms with Crippen LogP contribution < -0.4 is 0 Å². The maximum absolute atomic E-state index is 12.5. The molecule has 1 heterocycles. The van der Waals surface area contributed by atoms with Gasteiger partial charge in [0.15, 0.2) is 0 Å². The molecule has 0 saturated carbocycles. The molecule has 1 N–H and O–H groups in total. The van der Waals surface area contributed by atoms with Crippen LogP contribution in [0, 0.1) is 13.8 Å². The number of carbonyl (C=O) groups is 2. The summed E-state index contributed by atoms with van der Waals surface area (Å²) < 4.78 is 0. The van der Waals surface area contributed by atoms with Gasteiger partial charge in [0.25, 0.3) is 5.91 Å². The smallest absolute Gasteiger partial charge is 0.326 e. The van der Waals surface area contributed by atoms with Gasteiger partial charge in [-0.05, 0) is 44.7 Å². The van der Waals surface area contributed by atoms with E-state index in [-0.39, 0.29) is 5.91 Å². The number of aryl methyl sites for hydroxylation is 2. The van der Waals surface area contributed by atoms with Crippen molar-refractivity contribution in [2.75, 3.05) is 6.54 Å². The lowest BCUT2D eigenvalue weighted by molar-refractivity contribution is -0.143. The van der Waals surface area contributed by atoms with Gasteiger partial charge in [-0.1, -0.05) is 17.7 Å². The van der Waals surface area contributed by atoms with Crippen molar-refractivity contribution in [3.8, 4) is 0 Å². The number of carboxylic acids is 1. The molecular formula is C15H19NO3. The molecule has 0 aromatic heterocycles. The van der Waals surface area contributed by atoms with E-state index < -0.39 is 12.0 Å². The molecule has 1 amide bonds. The van der Waals surface area contributed by atoms with Gasteiger partial charge in [-0.25, -0.2) is 4.79 Å². The highest BCUT2D eigenvalue weighted by Crippen LogP contribution is 2.21. The first-order chi connectivity index (χ1) is 9.00. The lowest BCUT2D eigenvalue weighted by Gasteiger charge is -2.33. The zero-order chi connectivity index (χ0) is 14.0. The molecule has 0 unspecified atom stereocenters. The SMILES string of the molecule is Cc1ccc(C(=O)N2CCCC[C@H]2C(=O)O)c(C)c1. The van der Waals surface area contributed by atoms with E-state index in [2.05, 4.69) is 0 Å². The number of benzene rings is 1. The molecule has 1 fully saturated rings. The minimum Gasteiger partial charge on any atom is -0.480 e. The standard InChI is InChI=1S/C15H19NO3/c1-10-6-7-12(11(2)9-10)14(17)16-8-4-3-5-13(16)15(18)19/h6-7,9,13H,3-5,8H2,1-2H3,(H,18,19)/t13-/m0/s1.